The van der Waals surface area contributed by atoms with Gasteiger partial charge in [0.1, 0.15) is 0 Å². The van der Waals surface area contributed by atoms with Crippen molar-refractivity contribution in [3.05, 3.63) is 29.1 Å². The van der Waals surface area contributed by atoms with Gasteiger partial charge in [0.15, 0.2) is 0 Å². The van der Waals surface area contributed by atoms with E-state index in [0.717, 1.165) is 11.3 Å². The van der Waals surface area contributed by atoms with Crippen LogP contribution in [0, 0.1) is 13.8 Å². The summed E-state index contributed by atoms with van der Waals surface area (Å²) in [6.45, 7) is 3.64. The number of aromatic nitrogens is 1. The van der Waals surface area contributed by atoms with E-state index in [0.29, 0.717) is 0 Å². The van der Waals surface area contributed by atoms with Gasteiger partial charge in [0.2, 0.25) is 0 Å². The van der Waals surface area contributed by atoms with E-state index in [1.807, 2.05) is 13.8 Å². The first-order valence-corrected chi connectivity index (χ1v) is 3.26. The number of hydrogen-bond donors (Lipinski definition) is 0. The fraction of sp³-hybridized carbons (Fsp3) is 0.250. The molecule has 3 nitrogen and oxygen atoms in total. The van der Waals surface area contributed by atoms with Gasteiger partial charge in [-0.2, -0.15) is 0 Å². The monoisotopic (exact) mass is 173 g/mol. The molecule has 12 heavy (non-hydrogen) atoms. The van der Waals surface area contributed by atoms with E-state index in [2.05, 4.69) is 4.98 Å². The minimum absolute atomic E-state index is 0. The zero-order chi connectivity index (χ0) is 8.43. The number of nitrogens with zero attached hydrogens (tertiary/aromatic N) is 1. The number of hydrogen-bond acceptors (Lipinski definition) is 3. The van der Waals surface area contributed by atoms with E-state index in [4.69, 9.17) is 0 Å². The van der Waals surface area contributed by atoms with Crippen molar-refractivity contribution in [1.29, 1.82) is 0 Å². The Bertz CT molecular complexity index is 299. The van der Waals surface area contributed by atoms with Gasteiger partial charge in [-0.15, -0.1) is 0 Å². The normalized spacial score (nSPS) is 8.83. The van der Waals surface area contributed by atoms with Crippen molar-refractivity contribution in [3.63, 3.8) is 0 Å². The Labute approximate surface area is 93.1 Å². The van der Waals surface area contributed by atoms with Crippen LogP contribution in [0.15, 0.2) is 12.3 Å². The molecule has 0 aliphatic carbocycles. The molecule has 0 radical (unpaired) electrons. The second kappa shape index (κ2) is 4.60. The van der Waals surface area contributed by atoms with Crippen molar-refractivity contribution in [2.45, 2.75) is 13.8 Å². The summed E-state index contributed by atoms with van der Waals surface area (Å²) in [7, 11) is 0. The SMILES string of the molecule is Cc1cc(C(=O)[O-])cnc1C.[Na+]. The molecule has 1 heterocycles. The van der Waals surface area contributed by atoms with E-state index < -0.39 is 5.97 Å². The first-order valence-electron chi connectivity index (χ1n) is 3.26. The Hall–Kier alpha value is -0.380. The standard InChI is InChI=1S/C8H9NO2.Na/c1-5-3-7(8(10)11)4-9-6(5)2;/h3-4H,1-2H3,(H,10,11);/q;+1/p-1. The summed E-state index contributed by atoms with van der Waals surface area (Å²) in [4.78, 5) is 14.2. The average molecular weight is 173 g/mol. The van der Waals surface area contributed by atoms with Crippen LogP contribution in [-0.4, -0.2) is 11.0 Å². The van der Waals surface area contributed by atoms with Crippen LogP contribution in [0.3, 0.4) is 0 Å². The summed E-state index contributed by atoms with van der Waals surface area (Å²) < 4.78 is 0. The van der Waals surface area contributed by atoms with E-state index in [9.17, 15) is 9.90 Å². The molecular formula is C8H8NNaO2. The molecule has 1 aromatic heterocycles. The van der Waals surface area contributed by atoms with Crippen molar-refractivity contribution in [1.82, 2.24) is 4.98 Å². The Morgan fingerprint density at radius 3 is 2.50 bits per heavy atom. The molecule has 0 bridgehead atoms. The van der Waals surface area contributed by atoms with Crippen LogP contribution in [0.25, 0.3) is 0 Å². The first-order chi connectivity index (χ1) is 5.11. The number of pyridine rings is 1. The summed E-state index contributed by atoms with van der Waals surface area (Å²) in [5, 5.41) is 10.3. The molecule has 0 aromatic carbocycles. The molecule has 0 fully saturated rings. The van der Waals surface area contributed by atoms with Crippen molar-refractivity contribution in [3.8, 4) is 0 Å². The fourth-order valence-corrected chi connectivity index (χ4v) is 0.755. The quantitative estimate of drug-likeness (QED) is 0.427. The van der Waals surface area contributed by atoms with Crippen LogP contribution in [-0.2, 0) is 0 Å². The van der Waals surface area contributed by atoms with Gasteiger partial charge in [-0.1, -0.05) is 0 Å². The van der Waals surface area contributed by atoms with Gasteiger partial charge in [-0.05, 0) is 25.5 Å². The number of carbonyl (C=O) groups excluding carboxylic acids is 1. The van der Waals surface area contributed by atoms with Gasteiger partial charge in [0.05, 0.1) is 5.97 Å². The number of rotatable bonds is 1. The summed E-state index contributed by atoms with van der Waals surface area (Å²) in [5.74, 6) is -1.18. The minimum Gasteiger partial charge on any atom is -0.545 e. The zero-order valence-electron chi connectivity index (χ0n) is 7.42. The maximum atomic E-state index is 10.3. The van der Waals surface area contributed by atoms with Crippen LogP contribution >= 0.6 is 0 Å². The average Bonchev–Trinajstić information content (AvgIpc) is 1.94. The van der Waals surface area contributed by atoms with E-state index >= 15 is 0 Å². The molecule has 1 aromatic rings. The van der Waals surface area contributed by atoms with Crippen molar-refractivity contribution in [2.24, 2.45) is 0 Å². The van der Waals surface area contributed by atoms with Crippen LogP contribution in [0.2, 0.25) is 0 Å². The molecule has 0 N–H and O–H groups in total. The van der Waals surface area contributed by atoms with Crippen molar-refractivity contribution in [2.75, 3.05) is 0 Å². The third kappa shape index (κ3) is 2.59. The van der Waals surface area contributed by atoms with Crippen LogP contribution < -0.4 is 34.7 Å². The Balaban J connectivity index is 0.00000121. The molecule has 0 atom stereocenters. The summed E-state index contributed by atoms with van der Waals surface area (Å²) in [6, 6.07) is 1.55. The molecule has 0 aliphatic heterocycles. The molecular weight excluding hydrogens is 165 g/mol. The molecule has 4 heteroatoms. The molecule has 0 aliphatic rings. The molecule has 0 saturated carbocycles. The number of carboxylic acid groups (broad SMARTS) is 1. The third-order valence-corrected chi connectivity index (χ3v) is 1.58. The van der Waals surface area contributed by atoms with Crippen LogP contribution in [0.1, 0.15) is 21.6 Å². The smallest absolute Gasteiger partial charge is 0.545 e. The van der Waals surface area contributed by atoms with Crippen molar-refractivity contribution >= 4 is 5.97 Å². The Kier molecular flexibility index (Phi) is 4.45. The summed E-state index contributed by atoms with van der Waals surface area (Å²) in [5.41, 5.74) is 1.84. The van der Waals surface area contributed by atoms with Gasteiger partial charge >= 0.3 is 29.6 Å². The zero-order valence-corrected chi connectivity index (χ0v) is 9.42. The number of aromatic carboxylic acids is 1. The molecule has 0 spiro atoms. The fourth-order valence-electron chi connectivity index (χ4n) is 0.755. The largest absolute Gasteiger partial charge is 1.00 e. The van der Waals surface area contributed by atoms with Gasteiger partial charge < -0.3 is 9.90 Å². The van der Waals surface area contributed by atoms with Crippen LogP contribution in [0.4, 0.5) is 0 Å². The Morgan fingerprint density at radius 2 is 2.08 bits per heavy atom. The number of carboxylic acids is 1. The first kappa shape index (κ1) is 11.6. The molecule has 1 rings (SSSR count). The van der Waals surface area contributed by atoms with Gasteiger partial charge in [0.25, 0.3) is 0 Å². The molecule has 0 amide bonds. The van der Waals surface area contributed by atoms with Crippen LogP contribution in [0.5, 0.6) is 0 Å². The van der Waals surface area contributed by atoms with Gasteiger partial charge in [0, 0.05) is 17.5 Å². The van der Waals surface area contributed by atoms with E-state index in [-0.39, 0.29) is 35.1 Å². The second-order valence-electron chi connectivity index (χ2n) is 2.41. The molecule has 0 unspecified atom stereocenters. The summed E-state index contributed by atoms with van der Waals surface area (Å²) >= 11 is 0. The molecule has 0 saturated heterocycles. The minimum atomic E-state index is -1.18. The van der Waals surface area contributed by atoms with E-state index in [1.54, 1.807) is 6.07 Å². The van der Waals surface area contributed by atoms with E-state index in [1.165, 1.54) is 6.20 Å². The van der Waals surface area contributed by atoms with Crippen molar-refractivity contribution < 1.29 is 39.5 Å². The third-order valence-electron chi connectivity index (χ3n) is 1.58. The second-order valence-corrected chi connectivity index (χ2v) is 2.41. The maximum absolute atomic E-state index is 10.3. The maximum Gasteiger partial charge on any atom is 1.00 e. The molecule has 58 valence electrons. The Morgan fingerprint density at radius 1 is 1.50 bits per heavy atom. The topological polar surface area (TPSA) is 53.0 Å². The van der Waals surface area contributed by atoms with Gasteiger partial charge in [-0.25, -0.2) is 0 Å². The number of carbonyl (C=O) groups is 1. The predicted molar refractivity (Wildman–Crippen MR) is 38.0 cm³/mol. The predicted octanol–water partition coefficient (Wildman–Crippen LogP) is -2.93. The summed E-state index contributed by atoms with van der Waals surface area (Å²) in [6.07, 6.45) is 1.30. The van der Waals surface area contributed by atoms with Gasteiger partial charge in [-0.3, -0.25) is 4.98 Å². The number of aryl methyl sites for hydroxylation is 2.